The van der Waals surface area contributed by atoms with Gasteiger partial charge in [-0.2, -0.15) is 0 Å². The monoisotopic (exact) mass is 511 g/mol. The van der Waals surface area contributed by atoms with E-state index in [9.17, 15) is 18.0 Å². The molecule has 1 saturated carbocycles. The molecule has 194 valence electrons. The number of carbonyl (C=O) groups is 2. The highest BCUT2D eigenvalue weighted by atomic mass is 32.2. The molecule has 2 aromatic rings. The van der Waals surface area contributed by atoms with Crippen molar-refractivity contribution < 1.29 is 18.0 Å². The van der Waals surface area contributed by atoms with E-state index in [1.807, 2.05) is 17.0 Å². The van der Waals surface area contributed by atoms with E-state index >= 15 is 0 Å². The molecule has 0 unspecified atom stereocenters. The fourth-order valence-corrected chi connectivity index (χ4v) is 7.29. The molecule has 0 aromatic heterocycles. The van der Waals surface area contributed by atoms with Crippen molar-refractivity contribution in [1.29, 1.82) is 0 Å². The third-order valence-corrected chi connectivity index (χ3v) is 9.68. The molecule has 0 bridgehead atoms. The standard InChI is InChI=1S/C28H37N3O4S/c1-20(2)30(3)23-14-15-26(22(18-23)19-36(34,35)24-12-8-5-9-13-24)31-17-16-25(28(31)33)29-27(32)21-10-6-4-7-11-21/h4-13,20,22-23,25-26H,14-19H2,1-3H3,(H,29,32)/t22-,23+,25+,26-/m0/s1. The van der Waals surface area contributed by atoms with Crippen LogP contribution in [0.2, 0.25) is 0 Å². The summed E-state index contributed by atoms with van der Waals surface area (Å²) in [5.74, 6) is -0.541. The largest absolute Gasteiger partial charge is 0.340 e. The highest BCUT2D eigenvalue weighted by Crippen LogP contribution is 2.35. The Morgan fingerprint density at radius 1 is 1.03 bits per heavy atom. The van der Waals surface area contributed by atoms with Crippen LogP contribution in [0.15, 0.2) is 65.6 Å². The number of likely N-dealkylation sites (tertiary alicyclic amines) is 1. The minimum absolute atomic E-state index is 0.00887. The van der Waals surface area contributed by atoms with Crippen LogP contribution in [0.3, 0.4) is 0 Å². The van der Waals surface area contributed by atoms with Crippen molar-refractivity contribution in [3.8, 4) is 0 Å². The van der Waals surface area contributed by atoms with Crippen LogP contribution in [0.1, 0.15) is 49.9 Å². The third-order valence-electron chi connectivity index (χ3n) is 7.82. The fraction of sp³-hybridized carbons (Fsp3) is 0.500. The van der Waals surface area contributed by atoms with Crippen LogP contribution in [-0.4, -0.2) is 73.5 Å². The Morgan fingerprint density at radius 3 is 2.31 bits per heavy atom. The van der Waals surface area contributed by atoms with E-state index in [0.29, 0.717) is 29.5 Å². The van der Waals surface area contributed by atoms with Gasteiger partial charge in [-0.1, -0.05) is 36.4 Å². The second-order valence-electron chi connectivity index (χ2n) is 10.4. The normalized spacial score (nSPS) is 24.9. The summed E-state index contributed by atoms with van der Waals surface area (Å²) in [6.07, 6.45) is 2.91. The van der Waals surface area contributed by atoms with Gasteiger partial charge in [0.1, 0.15) is 6.04 Å². The molecule has 1 N–H and O–H groups in total. The van der Waals surface area contributed by atoms with Crippen molar-refractivity contribution in [3.63, 3.8) is 0 Å². The van der Waals surface area contributed by atoms with Crippen molar-refractivity contribution in [3.05, 3.63) is 66.2 Å². The van der Waals surface area contributed by atoms with Crippen LogP contribution in [0.25, 0.3) is 0 Å². The molecule has 1 heterocycles. The minimum atomic E-state index is -3.50. The van der Waals surface area contributed by atoms with E-state index in [0.717, 1.165) is 19.3 Å². The van der Waals surface area contributed by atoms with Crippen molar-refractivity contribution >= 4 is 21.7 Å². The molecule has 1 aliphatic heterocycles. The smallest absolute Gasteiger partial charge is 0.251 e. The van der Waals surface area contributed by atoms with Gasteiger partial charge in [0.25, 0.3) is 5.91 Å². The number of amides is 2. The lowest BCUT2D eigenvalue weighted by Gasteiger charge is -2.44. The number of rotatable bonds is 8. The molecular formula is C28H37N3O4S. The van der Waals surface area contributed by atoms with Crippen LogP contribution in [0, 0.1) is 5.92 Å². The van der Waals surface area contributed by atoms with E-state index < -0.39 is 15.9 Å². The molecule has 1 aliphatic carbocycles. The first-order valence-corrected chi connectivity index (χ1v) is 14.5. The van der Waals surface area contributed by atoms with Crippen LogP contribution < -0.4 is 5.32 Å². The van der Waals surface area contributed by atoms with Crippen LogP contribution >= 0.6 is 0 Å². The molecule has 0 spiro atoms. The van der Waals surface area contributed by atoms with Gasteiger partial charge in [-0.05, 0) is 76.8 Å². The summed E-state index contributed by atoms with van der Waals surface area (Å²) in [6, 6.07) is 17.3. The summed E-state index contributed by atoms with van der Waals surface area (Å²) >= 11 is 0. The first-order valence-electron chi connectivity index (χ1n) is 12.8. The van der Waals surface area contributed by atoms with Gasteiger partial charge in [0, 0.05) is 30.2 Å². The van der Waals surface area contributed by atoms with Crippen molar-refractivity contribution in [1.82, 2.24) is 15.1 Å². The number of nitrogens with zero attached hydrogens (tertiary/aromatic N) is 2. The summed E-state index contributed by atoms with van der Waals surface area (Å²) in [6.45, 7) is 4.81. The molecule has 2 fully saturated rings. The minimum Gasteiger partial charge on any atom is -0.340 e. The predicted molar refractivity (Wildman–Crippen MR) is 140 cm³/mol. The van der Waals surface area contributed by atoms with Gasteiger partial charge in [0.2, 0.25) is 5.91 Å². The number of sulfone groups is 1. The van der Waals surface area contributed by atoms with Gasteiger partial charge in [-0.15, -0.1) is 0 Å². The SMILES string of the molecule is CC(C)N(C)[C@@H]1CC[C@H](N2CC[C@@H](NC(=O)c3ccccc3)C2=O)[C@H](CS(=O)(=O)c2ccccc2)C1. The molecule has 2 aliphatic rings. The lowest BCUT2D eigenvalue weighted by molar-refractivity contribution is -0.133. The summed E-state index contributed by atoms with van der Waals surface area (Å²) in [7, 11) is -1.41. The van der Waals surface area contributed by atoms with Gasteiger partial charge < -0.3 is 15.1 Å². The van der Waals surface area contributed by atoms with Gasteiger partial charge in [-0.3, -0.25) is 9.59 Å². The number of benzene rings is 2. The Morgan fingerprint density at radius 2 is 1.67 bits per heavy atom. The zero-order valence-corrected chi connectivity index (χ0v) is 22.2. The first kappa shape index (κ1) is 26.4. The van der Waals surface area contributed by atoms with E-state index in [4.69, 9.17) is 0 Å². The molecule has 4 atom stereocenters. The summed E-state index contributed by atoms with van der Waals surface area (Å²) in [4.78, 5) is 30.6. The summed E-state index contributed by atoms with van der Waals surface area (Å²) in [5.41, 5.74) is 0.521. The molecule has 7 nitrogen and oxygen atoms in total. The summed E-state index contributed by atoms with van der Waals surface area (Å²) < 4.78 is 26.7. The Bertz CT molecular complexity index is 1150. The number of nitrogens with one attached hydrogen (secondary N) is 1. The van der Waals surface area contributed by atoms with Gasteiger partial charge in [0.15, 0.2) is 9.84 Å². The van der Waals surface area contributed by atoms with Crippen LogP contribution in [0.5, 0.6) is 0 Å². The van der Waals surface area contributed by atoms with Crippen LogP contribution in [0.4, 0.5) is 0 Å². The quantitative estimate of drug-likeness (QED) is 0.587. The Hall–Kier alpha value is -2.71. The Kier molecular flexibility index (Phi) is 8.15. The van der Waals surface area contributed by atoms with Gasteiger partial charge >= 0.3 is 0 Å². The van der Waals surface area contributed by atoms with E-state index in [-0.39, 0.29) is 35.6 Å². The lowest BCUT2D eigenvalue weighted by atomic mass is 9.81. The summed E-state index contributed by atoms with van der Waals surface area (Å²) in [5, 5.41) is 2.89. The average Bonchev–Trinajstić information content (AvgIpc) is 3.23. The Balaban J connectivity index is 1.52. The Labute approximate surface area is 214 Å². The maximum Gasteiger partial charge on any atom is 0.251 e. The van der Waals surface area contributed by atoms with E-state index in [1.54, 1.807) is 48.5 Å². The first-order chi connectivity index (χ1) is 17.2. The van der Waals surface area contributed by atoms with Crippen molar-refractivity contribution in [2.75, 3.05) is 19.3 Å². The van der Waals surface area contributed by atoms with Crippen LogP contribution in [-0.2, 0) is 14.6 Å². The zero-order valence-electron chi connectivity index (χ0n) is 21.3. The number of hydrogen-bond acceptors (Lipinski definition) is 5. The third kappa shape index (κ3) is 5.81. The van der Waals surface area contributed by atoms with E-state index in [1.165, 1.54) is 0 Å². The molecule has 8 heteroatoms. The molecule has 0 radical (unpaired) electrons. The lowest BCUT2D eigenvalue weighted by Crippen LogP contribution is -2.53. The zero-order chi connectivity index (χ0) is 25.9. The molecule has 2 amide bonds. The molecule has 2 aromatic carbocycles. The molecule has 4 rings (SSSR count). The maximum absolute atomic E-state index is 13.4. The highest BCUT2D eigenvalue weighted by Gasteiger charge is 2.44. The second-order valence-corrected chi connectivity index (χ2v) is 12.4. The highest BCUT2D eigenvalue weighted by molar-refractivity contribution is 7.91. The van der Waals surface area contributed by atoms with E-state index in [2.05, 4.69) is 31.1 Å². The number of carbonyl (C=O) groups excluding carboxylic acids is 2. The van der Waals surface area contributed by atoms with Gasteiger partial charge in [0.05, 0.1) is 10.6 Å². The predicted octanol–water partition coefficient (Wildman–Crippen LogP) is 3.37. The van der Waals surface area contributed by atoms with Gasteiger partial charge in [-0.25, -0.2) is 8.42 Å². The van der Waals surface area contributed by atoms with Crippen molar-refractivity contribution in [2.45, 2.75) is 68.6 Å². The average molecular weight is 512 g/mol. The fourth-order valence-electron chi connectivity index (χ4n) is 5.61. The second kappa shape index (κ2) is 11.1. The molecular weight excluding hydrogens is 474 g/mol. The topological polar surface area (TPSA) is 86.8 Å². The number of hydrogen-bond donors (Lipinski definition) is 1. The maximum atomic E-state index is 13.4. The molecule has 36 heavy (non-hydrogen) atoms. The molecule has 1 saturated heterocycles. The van der Waals surface area contributed by atoms with Crippen molar-refractivity contribution in [2.24, 2.45) is 5.92 Å².